The summed E-state index contributed by atoms with van der Waals surface area (Å²) < 4.78 is 98.2. The van der Waals surface area contributed by atoms with Gasteiger partial charge in [-0.3, -0.25) is 0 Å². The minimum atomic E-state index is -1.32. The van der Waals surface area contributed by atoms with Crippen molar-refractivity contribution in [2.75, 3.05) is 13.2 Å². The molecule has 1 fully saturated rings. The summed E-state index contributed by atoms with van der Waals surface area (Å²) >= 11 is 0. The molecule has 0 N–H and O–H groups in total. The summed E-state index contributed by atoms with van der Waals surface area (Å²) in [7, 11) is 0. The Kier molecular flexibility index (Phi) is 8.82. The number of benzene rings is 3. The summed E-state index contributed by atoms with van der Waals surface area (Å²) in [4.78, 5) is 0. The number of hydrogen-bond donors (Lipinski definition) is 0. The summed E-state index contributed by atoms with van der Waals surface area (Å²) in [5.41, 5.74) is -0.276. The van der Waals surface area contributed by atoms with Crippen LogP contribution < -0.4 is 4.74 Å². The molecule has 0 amide bonds. The highest BCUT2D eigenvalue weighted by Gasteiger charge is 2.27. The van der Waals surface area contributed by atoms with Crippen molar-refractivity contribution in [3.63, 3.8) is 0 Å². The van der Waals surface area contributed by atoms with Crippen molar-refractivity contribution in [1.29, 1.82) is 0 Å². The van der Waals surface area contributed by atoms with E-state index >= 15 is 0 Å². The zero-order chi connectivity index (χ0) is 27.4. The van der Waals surface area contributed by atoms with Crippen molar-refractivity contribution in [3.8, 4) is 16.9 Å². The highest BCUT2D eigenvalue weighted by atomic mass is 19.2. The Morgan fingerprint density at radius 1 is 0.816 bits per heavy atom. The van der Waals surface area contributed by atoms with Crippen LogP contribution in [0.1, 0.15) is 55.7 Å². The van der Waals surface area contributed by atoms with Crippen LogP contribution in [0, 0.1) is 34.9 Å². The molecule has 8 heteroatoms. The van der Waals surface area contributed by atoms with Gasteiger partial charge in [0, 0.05) is 22.6 Å². The Balaban J connectivity index is 1.40. The minimum absolute atomic E-state index is 0.0801. The van der Waals surface area contributed by atoms with Gasteiger partial charge >= 0.3 is 0 Å². The molecule has 0 radical (unpaired) electrons. The Labute approximate surface area is 217 Å². The van der Waals surface area contributed by atoms with Crippen LogP contribution in [-0.4, -0.2) is 19.3 Å². The first kappa shape index (κ1) is 27.8. The van der Waals surface area contributed by atoms with Crippen molar-refractivity contribution in [2.24, 2.45) is 0 Å². The highest BCUT2D eigenvalue weighted by Crippen LogP contribution is 2.35. The maximum absolute atomic E-state index is 14.9. The van der Waals surface area contributed by atoms with E-state index in [4.69, 9.17) is 9.47 Å². The third kappa shape index (κ3) is 5.60. The van der Waals surface area contributed by atoms with Crippen molar-refractivity contribution in [1.82, 2.24) is 0 Å². The van der Waals surface area contributed by atoms with E-state index in [9.17, 15) is 26.3 Å². The van der Waals surface area contributed by atoms with E-state index in [1.807, 2.05) is 0 Å². The van der Waals surface area contributed by atoms with E-state index in [1.165, 1.54) is 30.3 Å². The average molecular weight is 535 g/mol. The van der Waals surface area contributed by atoms with Gasteiger partial charge in [0.15, 0.2) is 34.8 Å². The number of rotatable bonds is 8. The predicted octanol–water partition coefficient (Wildman–Crippen LogP) is 8.52. The molecule has 0 aliphatic carbocycles. The number of halogens is 6. The molecule has 0 saturated carbocycles. The van der Waals surface area contributed by atoms with Crippen molar-refractivity contribution in [3.05, 3.63) is 94.1 Å². The monoisotopic (exact) mass is 534 g/mol. The second-order valence-corrected chi connectivity index (χ2v) is 9.21. The smallest absolute Gasteiger partial charge is 0.201 e. The standard InChI is InChI=1S/C30H28F6O2/c1-3-5-17-8-12-21(27(33)25(17)31)19-7-11-20(38-16-19)10-6-18-9-13-22(28(34)26(18)32)23-14-15-24(37-4-2)30(36)29(23)35/h3,5,8-9,12-15,19-20H,4,6-7,10-11,16H2,1-2H3/b5-3+. The summed E-state index contributed by atoms with van der Waals surface area (Å²) in [5.74, 6) is -7.38. The fraction of sp³-hybridized carbons (Fsp3) is 0.333. The zero-order valence-electron chi connectivity index (χ0n) is 21.1. The summed E-state index contributed by atoms with van der Waals surface area (Å²) in [5, 5.41) is 0. The van der Waals surface area contributed by atoms with Gasteiger partial charge in [-0.1, -0.05) is 36.4 Å². The third-order valence-corrected chi connectivity index (χ3v) is 6.83. The Morgan fingerprint density at radius 3 is 2.18 bits per heavy atom. The topological polar surface area (TPSA) is 18.5 Å². The molecule has 2 unspecified atom stereocenters. The van der Waals surface area contributed by atoms with Crippen molar-refractivity contribution in [2.45, 2.75) is 51.6 Å². The molecule has 202 valence electrons. The van der Waals surface area contributed by atoms with Crippen molar-refractivity contribution < 1.29 is 35.8 Å². The van der Waals surface area contributed by atoms with Gasteiger partial charge in [-0.25, -0.2) is 22.0 Å². The Morgan fingerprint density at radius 2 is 1.53 bits per heavy atom. The van der Waals surface area contributed by atoms with E-state index < -0.39 is 46.0 Å². The average Bonchev–Trinajstić information content (AvgIpc) is 2.92. The number of hydrogen-bond acceptors (Lipinski definition) is 2. The maximum atomic E-state index is 14.9. The first-order valence-corrected chi connectivity index (χ1v) is 12.6. The lowest BCUT2D eigenvalue weighted by molar-refractivity contribution is -0.00138. The summed E-state index contributed by atoms with van der Waals surface area (Å²) in [6.07, 6.45) is 4.50. The minimum Gasteiger partial charge on any atom is -0.491 e. The molecule has 1 heterocycles. The zero-order valence-corrected chi connectivity index (χ0v) is 21.1. The number of aryl methyl sites for hydroxylation is 1. The largest absolute Gasteiger partial charge is 0.491 e. The van der Waals surface area contributed by atoms with Crippen LogP contribution in [0.15, 0.2) is 42.5 Å². The van der Waals surface area contributed by atoms with E-state index in [1.54, 1.807) is 26.0 Å². The van der Waals surface area contributed by atoms with Crippen LogP contribution in [0.25, 0.3) is 17.2 Å². The number of allylic oxidation sites excluding steroid dienone is 1. The van der Waals surface area contributed by atoms with E-state index in [0.29, 0.717) is 19.3 Å². The fourth-order valence-corrected chi connectivity index (χ4v) is 4.80. The molecule has 3 aromatic carbocycles. The SMILES string of the molecule is C/C=C/c1ccc(C2CCC(CCc3ccc(-c4ccc(OCC)c(F)c4F)c(F)c3F)OC2)c(F)c1F. The van der Waals surface area contributed by atoms with E-state index in [2.05, 4.69) is 0 Å². The van der Waals surface area contributed by atoms with Gasteiger partial charge in [-0.05, 0) is 62.8 Å². The van der Waals surface area contributed by atoms with Crippen LogP contribution >= 0.6 is 0 Å². The summed E-state index contributed by atoms with van der Waals surface area (Å²) in [6.45, 7) is 3.64. The van der Waals surface area contributed by atoms with Gasteiger partial charge in [0.05, 0.1) is 19.3 Å². The molecule has 1 saturated heterocycles. The molecule has 1 aliphatic heterocycles. The molecule has 0 bridgehead atoms. The third-order valence-electron chi connectivity index (χ3n) is 6.83. The van der Waals surface area contributed by atoms with Gasteiger partial charge in [0.1, 0.15) is 0 Å². The second kappa shape index (κ2) is 12.1. The quantitative estimate of drug-likeness (QED) is 0.270. The maximum Gasteiger partial charge on any atom is 0.201 e. The van der Waals surface area contributed by atoms with Gasteiger partial charge in [0.25, 0.3) is 0 Å². The lowest BCUT2D eigenvalue weighted by Gasteiger charge is -2.30. The van der Waals surface area contributed by atoms with Gasteiger partial charge in [-0.2, -0.15) is 4.39 Å². The first-order valence-electron chi connectivity index (χ1n) is 12.6. The molecule has 2 nitrogen and oxygen atoms in total. The molecule has 3 aromatic rings. The molecule has 4 rings (SSSR count). The molecule has 2 atom stereocenters. The molecule has 0 aromatic heterocycles. The Hall–Kier alpha value is -3.26. The van der Waals surface area contributed by atoms with Crippen LogP contribution in [0.3, 0.4) is 0 Å². The molecule has 0 spiro atoms. The van der Waals surface area contributed by atoms with Crippen LogP contribution in [0.4, 0.5) is 26.3 Å². The van der Waals surface area contributed by atoms with Gasteiger partial charge in [0.2, 0.25) is 5.82 Å². The van der Waals surface area contributed by atoms with Gasteiger partial charge < -0.3 is 9.47 Å². The molecule has 38 heavy (non-hydrogen) atoms. The molecular formula is C30H28F6O2. The van der Waals surface area contributed by atoms with Crippen LogP contribution in [-0.2, 0) is 11.2 Å². The lowest BCUT2D eigenvalue weighted by atomic mass is 9.88. The lowest BCUT2D eigenvalue weighted by Crippen LogP contribution is -2.26. The fourth-order valence-electron chi connectivity index (χ4n) is 4.80. The van der Waals surface area contributed by atoms with Crippen LogP contribution in [0.2, 0.25) is 0 Å². The summed E-state index contributed by atoms with van der Waals surface area (Å²) in [6, 6.07) is 7.99. The van der Waals surface area contributed by atoms with Crippen molar-refractivity contribution >= 4 is 6.08 Å². The van der Waals surface area contributed by atoms with E-state index in [-0.39, 0.29) is 54.1 Å². The van der Waals surface area contributed by atoms with Crippen LogP contribution in [0.5, 0.6) is 5.75 Å². The van der Waals surface area contributed by atoms with E-state index in [0.717, 1.165) is 6.07 Å². The first-order chi connectivity index (χ1) is 18.3. The normalized spacial score (nSPS) is 17.8. The van der Waals surface area contributed by atoms with Gasteiger partial charge in [-0.15, -0.1) is 0 Å². The molecule has 1 aliphatic rings. The predicted molar refractivity (Wildman–Crippen MR) is 134 cm³/mol. The number of ether oxygens (including phenoxy) is 2. The second-order valence-electron chi connectivity index (χ2n) is 9.21. The Bertz CT molecular complexity index is 1330. The highest BCUT2D eigenvalue weighted by molar-refractivity contribution is 5.66. The molecular weight excluding hydrogens is 506 g/mol.